The number of hydrogen-bond acceptors (Lipinski definition) is 7. The molecule has 1 aromatic carbocycles. The molecule has 142 valence electrons. The Morgan fingerprint density at radius 2 is 1.82 bits per heavy atom. The molecule has 0 saturated heterocycles. The molecule has 3 aromatic rings. The van der Waals surface area contributed by atoms with Crippen molar-refractivity contribution in [3.8, 4) is 11.5 Å². The molecular formula is C20H19N5O3. The van der Waals surface area contributed by atoms with Crippen LogP contribution in [0.15, 0.2) is 48.8 Å². The third kappa shape index (κ3) is 4.17. The lowest BCUT2D eigenvalue weighted by atomic mass is 10.2. The van der Waals surface area contributed by atoms with Gasteiger partial charge in [-0.05, 0) is 42.3 Å². The molecule has 8 nitrogen and oxygen atoms in total. The first-order valence-electron chi connectivity index (χ1n) is 8.82. The molecule has 0 fully saturated rings. The summed E-state index contributed by atoms with van der Waals surface area (Å²) in [5.74, 6) is 2.25. The van der Waals surface area contributed by atoms with Crippen molar-refractivity contribution in [3.63, 3.8) is 0 Å². The summed E-state index contributed by atoms with van der Waals surface area (Å²) in [5.41, 5.74) is 2.30. The lowest BCUT2D eigenvalue weighted by Gasteiger charge is -2.09. The first kappa shape index (κ1) is 17.7. The molecule has 4 rings (SSSR count). The fourth-order valence-electron chi connectivity index (χ4n) is 2.79. The summed E-state index contributed by atoms with van der Waals surface area (Å²) in [6.45, 7) is 2.92. The number of carbonyl (C=O) groups is 1. The van der Waals surface area contributed by atoms with Crippen LogP contribution < -0.4 is 20.1 Å². The zero-order chi connectivity index (χ0) is 19.3. The highest BCUT2D eigenvalue weighted by Crippen LogP contribution is 2.32. The SMILES string of the molecule is Cc1nc(NCc2ccncc2)cc(C(=O)NCc2ccc3c(c2)OCO3)n1. The molecule has 0 saturated carbocycles. The van der Waals surface area contributed by atoms with Gasteiger partial charge in [-0.2, -0.15) is 0 Å². The van der Waals surface area contributed by atoms with Gasteiger partial charge >= 0.3 is 0 Å². The molecule has 8 heteroatoms. The van der Waals surface area contributed by atoms with Gasteiger partial charge in [0, 0.05) is 31.5 Å². The first-order valence-corrected chi connectivity index (χ1v) is 8.82. The molecule has 0 atom stereocenters. The molecule has 0 aliphatic carbocycles. The number of fused-ring (bicyclic) bond motifs is 1. The molecular weight excluding hydrogens is 358 g/mol. The summed E-state index contributed by atoms with van der Waals surface area (Å²) >= 11 is 0. The van der Waals surface area contributed by atoms with E-state index in [2.05, 4.69) is 25.6 Å². The van der Waals surface area contributed by atoms with Crippen molar-refractivity contribution >= 4 is 11.7 Å². The van der Waals surface area contributed by atoms with E-state index < -0.39 is 0 Å². The molecule has 3 heterocycles. The Labute approximate surface area is 162 Å². The fourth-order valence-corrected chi connectivity index (χ4v) is 2.79. The normalized spacial score (nSPS) is 11.9. The van der Waals surface area contributed by atoms with E-state index in [9.17, 15) is 4.79 Å². The van der Waals surface area contributed by atoms with Crippen LogP contribution in [0.4, 0.5) is 5.82 Å². The molecule has 0 radical (unpaired) electrons. The Morgan fingerprint density at radius 1 is 1.00 bits per heavy atom. The van der Waals surface area contributed by atoms with E-state index >= 15 is 0 Å². The van der Waals surface area contributed by atoms with Crippen molar-refractivity contribution in [2.24, 2.45) is 0 Å². The van der Waals surface area contributed by atoms with Crippen LogP contribution >= 0.6 is 0 Å². The predicted octanol–water partition coefficient (Wildman–Crippen LogP) is 2.45. The quantitative estimate of drug-likeness (QED) is 0.681. The van der Waals surface area contributed by atoms with Crippen LogP contribution in [-0.2, 0) is 13.1 Å². The highest BCUT2D eigenvalue weighted by Gasteiger charge is 2.14. The van der Waals surface area contributed by atoms with Crippen LogP contribution in [0.5, 0.6) is 11.5 Å². The number of anilines is 1. The Kier molecular flexibility index (Phi) is 5.01. The lowest BCUT2D eigenvalue weighted by molar-refractivity contribution is 0.0945. The monoisotopic (exact) mass is 377 g/mol. The van der Waals surface area contributed by atoms with Crippen LogP contribution in [0.2, 0.25) is 0 Å². The summed E-state index contributed by atoms with van der Waals surface area (Å²) in [4.78, 5) is 25.1. The second-order valence-corrected chi connectivity index (χ2v) is 6.26. The van der Waals surface area contributed by atoms with Crippen molar-refractivity contribution in [1.82, 2.24) is 20.3 Å². The van der Waals surface area contributed by atoms with Crippen molar-refractivity contribution < 1.29 is 14.3 Å². The number of hydrogen-bond donors (Lipinski definition) is 2. The average Bonchev–Trinajstić information content (AvgIpc) is 3.19. The lowest BCUT2D eigenvalue weighted by Crippen LogP contribution is -2.24. The predicted molar refractivity (Wildman–Crippen MR) is 102 cm³/mol. The van der Waals surface area contributed by atoms with Gasteiger partial charge in [0.25, 0.3) is 5.91 Å². The molecule has 0 spiro atoms. The van der Waals surface area contributed by atoms with E-state index in [-0.39, 0.29) is 12.7 Å². The van der Waals surface area contributed by atoms with Gasteiger partial charge in [0.15, 0.2) is 11.5 Å². The Morgan fingerprint density at radius 3 is 2.68 bits per heavy atom. The maximum Gasteiger partial charge on any atom is 0.270 e. The summed E-state index contributed by atoms with van der Waals surface area (Å²) in [6, 6.07) is 11.1. The highest BCUT2D eigenvalue weighted by molar-refractivity contribution is 5.92. The Hall–Kier alpha value is -3.68. The minimum atomic E-state index is -0.268. The number of carbonyl (C=O) groups excluding carboxylic acids is 1. The van der Waals surface area contributed by atoms with Crippen LogP contribution in [0.25, 0.3) is 0 Å². The van der Waals surface area contributed by atoms with Crippen LogP contribution in [0.3, 0.4) is 0 Å². The van der Waals surface area contributed by atoms with Crippen LogP contribution in [-0.4, -0.2) is 27.7 Å². The summed E-state index contributed by atoms with van der Waals surface area (Å²) in [6.07, 6.45) is 3.47. The minimum absolute atomic E-state index is 0.223. The van der Waals surface area contributed by atoms with Crippen molar-refractivity contribution in [3.05, 3.63) is 71.4 Å². The highest BCUT2D eigenvalue weighted by atomic mass is 16.7. The third-order valence-electron chi connectivity index (χ3n) is 4.18. The van der Waals surface area contributed by atoms with Gasteiger partial charge < -0.3 is 20.1 Å². The molecule has 0 unspecified atom stereocenters. The maximum absolute atomic E-state index is 12.5. The standard InChI is InChI=1S/C20H19N5O3/c1-13-24-16(9-19(25-13)22-10-14-4-6-21-7-5-14)20(26)23-11-15-2-3-17-18(8-15)28-12-27-17/h2-9H,10-12H2,1H3,(H,23,26)(H,22,24,25). The zero-order valence-electron chi connectivity index (χ0n) is 15.3. The third-order valence-corrected chi connectivity index (χ3v) is 4.18. The Bertz CT molecular complexity index is 994. The molecule has 2 N–H and O–H groups in total. The largest absolute Gasteiger partial charge is 0.454 e. The molecule has 0 bridgehead atoms. The van der Waals surface area contributed by atoms with E-state index in [4.69, 9.17) is 9.47 Å². The van der Waals surface area contributed by atoms with Crippen molar-refractivity contribution in [2.45, 2.75) is 20.0 Å². The van der Waals surface area contributed by atoms with Gasteiger partial charge in [-0.3, -0.25) is 9.78 Å². The zero-order valence-corrected chi connectivity index (χ0v) is 15.3. The molecule has 1 amide bonds. The summed E-state index contributed by atoms with van der Waals surface area (Å²) in [7, 11) is 0. The molecule has 2 aromatic heterocycles. The Balaban J connectivity index is 1.40. The van der Waals surface area contributed by atoms with E-state index in [1.165, 1.54) is 0 Å². The number of pyridine rings is 1. The van der Waals surface area contributed by atoms with E-state index in [1.807, 2.05) is 30.3 Å². The maximum atomic E-state index is 12.5. The van der Waals surface area contributed by atoms with Crippen molar-refractivity contribution in [1.29, 1.82) is 0 Å². The summed E-state index contributed by atoms with van der Waals surface area (Å²) < 4.78 is 10.7. The van der Waals surface area contributed by atoms with E-state index in [0.717, 1.165) is 11.1 Å². The van der Waals surface area contributed by atoms with Gasteiger partial charge in [-0.15, -0.1) is 0 Å². The van der Waals surface area contributed by atoms with Gasteiger partial charge in [0.2, 0.25) is 6.79 Å². The average molecular weight is 377 g/mol. The second-order valence-electron chi connectivity index (χ2n) is 6.26. The number of ether oxygens (including phenoxy) is 2. The van der Waals surface area contributed by atoms with Gasteiger partial charge in [-0.25, -0.2) is 9.97 Å². The molecule has 1 aliphatic rings. The van der Waals surface area contributed by atoms with Gasteiger partial charge in [0.1, 0.15) is 17.3 Å². The van der Waals surface area contributed by atoms with Gasteiger partial charge in [-0.1, -0.05) is 6.07 Å². The minimum Gasteiger partial charge on any atom is -0.454 e. The number of rotatable bonds is 6. The number of aryl methyl sites for hydroxylation is 1. The molecule has 1 aliphatic heterocycles. The number of nitrogens with one attached hydrogen (secondary N) is 2. The number of benzene rings is 1. The first-order chi connectivity index (χ1) is 13.7. The van der Waals surface area contributed by atoms with Crippen LogP contribution in [0, 0.1) is 6.92 Å². The number of amides is 1. The fraction of sp³-hybridized carbons (Fsp3) is 0.200. The smallest absolute Gasteiger partial charge is 0.270 e. The van der Waals surface area contributed by atoms with E-state index in [1.54, 1.807) is 25.4 Å². The molecule has 28 heavy (non-hydrogen) atoms. The van der Waals surface area contributed by atoms with Crippen LogP contribution in [0.1, 0.15) is 27.4 Å². The van der Waals surface area contributed by atoms with E-state index in [0.29, 0.717) is 41.9 Å². The summed E-state index contributed by atoms with van der Waals surface area (Å²) in [5, 5.41) is 6.08. The topological polar surface area (TPSA) is 98.3 Å². The second kappa shape index (κ2) is 7.91. The van der Waals surface area contributed by atoms with Gasteiger partial charge in [0.05, 0.1) is 0 Å². The number of aromatic nitrogens is 3. The number of nitrogens with zero attached hydrogens (tertiary/aromatic N) is 3. The van der Waals surface area contributed by atoms with Crippen molar-refractivity contribution in [2.75, 3.05) is 12.1 Å².